The van der Waals surface area contributed by atoms with E-state index in [-0.39, 0.29) is 0 Å². The molecule has 0 fully saturated rings. The van der Waals surface area contributed by atoms with Crippen molar-refractivity contribution in [3.05, 3.63) is 6.92 Å². The smallest absolute Gasteiger partial charge is 0.0267 e. The largest absolute Gasteiger partial charge is 0.134 e. The maximum Gasteiger partial charge on any atom is -0.0267 e. The Morgan fingerprint density at radius 3 is 2.43 bits per heavy atom. The molecule has 2 atom stereocenters. The summed E-state index contributed by atoms with van der Waals surface area (Å²) in [4.78, 5) is 0. The molecule has 0 aliphatic heterocycles. The van der Waals surface area contributed by atoms with Crippen molar-refractivity contribution in [3.8, 4) is 0 Å². The van der Waals surface area contributed by atoms with Crippen molar-refractivity contribution >= 4 is 9.24 Å². The highest BCUT2D eigenvalue weighted by atomic mass is 31.0. The van der Waals surface area contributed by atoms with Crippen LogP contribution >= 0.6 is 9.24 Å². The molecule has 0 spiro atoms. The van der Waals surface area contributed by atoms with Crippen LogP contribution in [0.1, 0.15) is 26.2 Å². The standard InChI is InChI=1S/C6H14P/c1-3-5-6(7)4-2/h6H,1,3-5,7H2,2H3. The summed E-state index contributed by atoms with van der Waals surface area (Å²) in [6.07, 6.45) is 3.59. The van der Waals surface area contributed by atoms with E-state index in [4.69, 9.17) is 0 Å². The van der Waals surface area contributed by atoms with Crippen LogP contribution in [-0.4, -0.2) is 5.66 Å². The Labute approximate surface area is 48.9 Å². The molecule has 0 saturated carbocycles. The van der Waals surface area contributed by atoms with E-state index in [0.29, 0.717) is 0 Å². The first-order valence-corrected chi connectivity index (χ1v) is 3.52. The molecule has 0 amide bonds. The highest BCUT2D eigenvalue weighted by Crippen LogP contribution is 2.10. The van der Waals surface area contributed by atoms with Crippen LogP contribution in [0.25, 0.3) is 0 Å². The maximum absolute atomic E-state index is 3.76. The van der Waals surface area contributed by atoms with Crippen LogP contribution in [-0.2, 0) is 0 Å². The van der Waals surface area contributed by atoms with E-state index in [1.54, 1.807) is 0 Å². The minimum atomic E-state index is 0.803. The summed E-state index contributed by atoms with van der Waals surface area (Å²) in [5.41, 5.74) is 0.803. The Hall–Kier alpha value is 0.430. The normalized spacial score (nSPS) is 14.1. The molecular formula is C6H14P. The SMILES string of the molecule is [CH2]CCC(P)CC. The lowest BCUT2D eigenvalue weighted by atomic mass is 10.2. The lowest BCUT2D eigenvalue weighted by Gasteiger charge is -2.02. The quantitative estimate of drug-likeness (QED) is 0.497. The van der Waals surface area contributed by atoms with Gasteiger partial charge in [0.05, 0.1) is 0 Å². The van der Waals surface area contributed by atoms with Crippen LogP contribution in [0.2, 0.25) is 0 Å². The van der Waals surface area contributed by atoms with Gasteiger partial charge in [0.2, 0.25) is 0 Å². The predicted molar refractivity (Wildman–Crippen MR) is 38.4 cm³/mol. The van der Waals surface area contributed by atoms with Crippen molar-refractivity contribution in [3.63, 3.8) is 0 Å². The Balaban J connectivity index is 2.83. The van der Waals surface area contributed by atoms with Gasteiger partial charge in [-0.15, -0.1) is 9.24 Å². The fourth-order valence-electron chi connectivity index (χ4n) is 0.466. The second-order valence-electron chi connectivity index (χ2n) is 1.81. The van der Waals surface area contributed by atoms with Crippen molar-refractivity contribution in [2.24, 2.45) is 0 Å². The number of hydrogen-bond donors (Lipinski definition) is 0. The van der Waals surface area contributed by atoms with Crippen molar-refractivity contribution in [1.82, 2.24) is 0 Å². The van der Waals surface area contributed by atoms with Crippen LogP contribution in [0, 0.1) is 6.92 Å². The first-order chi connectivity index (χ1) is 3.31. The zero-order chi connectivity index (χ0) is 5.70. The van der Waals surface area contributed by atoms with Crippen LogP contribution in [0.4, 0.5) is 0 Å². The lowest BCUT2D eigenvalue weighted by Crippen LogP contribution is -1.91. The van der Waals surface area contributed by atoms with Crippen molar-refractivity contribution in [2.75, 3.05) is 0 Å². The fourth-order valence-corrected chi connectivity index (χ4v) is 0.702. The average molecular weight is 117 g/mol. The van der Waals surface area contributed by atoms with Crippen LogP contribution in [0.5, 0.6) is 0 Å². The molecule has 1 radical (unpaired) electrons. The monoisotopic (exact) mass is 117 g/mol. The van der Waals surface area contributed by atoms with Crippen LogP contribution < -0.4 is 0 Å². The molecule has 0 bridgehead atoms. The zero-order valence-electron chi connectivity index (χ0n) is 4.98. The summed E-state index contributed by atoms with van der Waals surface area (Å²) in [7, 11) is 2.81. The molecule has 0 nitrogen and oxygen atoms in total. The molecule has 0 aromatic carbocycles. The summed E-state index contributed by atoms with van der Waals surface area (Å²) < 4.78 is 0. The summed E-state index contributed by atoms with van der Waals surface area (Å²) in [6.45, 7) is 5.96. The van der Waals surface area contributed by atoms with Gasteiger partial charge >= 0.3 is 0 Å². The second kappa shape index (κ2) is 4.59. The Morgan fingerprint density at radius 2 is 2.29 bits per heavy atom. The van der Waals surface area contributed by atoms with E-state index in [0.717, 1.165) is 12.1 Å². The van der Waals surface area contributed by atoms with Gasteiger partial charge < -0.3 is 0 Å². The molecule has 0 aromatic rings. The Morgan fingerprint density at radius 1 is 1.71 bits per heavy atom. The van der Waals surface area contributed by atoms with Gasteiger partial charge in [0.25, 0.3) is 0 Å². The van der Waals surface area contributed by atoms with Gasteiger partial charge in [-0.2, -0.15) is 0 Å². The van der Waals surface area contributed by atoms with Crippen LogP contribution in [0.15, 0.2) is 0 Å². The molecule has 0 N–H and O–H groups in total. The van der Waals surface area contributed by atoms with Gasteiger partial charge in [0, 0.05) is 0 Å². The topological polar surface area (TPSA) is 0 Å². The molecule has 1 heteroatoms. The Kier molecular flexibility index (Phi) is 4.87. The van der Waals surface area contributed by atoms with Gasteiger partial charge in [-0.1, -0.05) is 20.3 Å². The number of hydrogen-bond acceptors (Lipinski definition) is 0. The minimum Gasteiger partial charge on any atom is -0.134 e. The predicted octanol–water partition coefficient (Wildman–Crippen LogP) is 2.25. The van der Waals surface area contributed by atoms with E-state index in [1.165, 1.54) is 12.8 Å². The molecule has 7 heavy (non-hydrogen) atoms. The Bertz CT molecular complexity index is 35.2. The van der Waals surface area contributed by atoms with E-state index >= 15 is 0 Å². The summed E-state index contributed by atoms with van der Waals surface area (Å²) in [5.74, 6) is 0. The van der Waals surface area contributed by atoms with Gasteiger partial charge in [0.15, 0.2) is 0 Å². The molecule has 0 saturated heterocycles. The highest BCUT2D eigenvalue weighted by molar-refractivity contribution is 7.17. The van der Waals surface area contributed by atoms with E-state index < -0.39 is 0 Å². The van der Waals surface area contributed by atoms with Crippen molar-refractivity contribution < 1.29 is 0 Å². The zero-order valence-corrected chi connectivity index (χ0v) is 6.14. The third-order valence-electron chi connectivity index (χ3n) is 1.10. The van der Waals surface area contributed by atoms with Gasteiger partial charge in [-0.3, -0.25) is 0 Å². The average Bonchev–Trinajstić information content (AvgIpc) is 1.68. The third-order valence-corrected chi connectivity index (χ3v) is 1.90. The highest BCUT2D eigenvalue weighted by Gasteiger charge is 1.92. The van der Waals surface area contributed by atoms with Crippen LogP contribution in [0.3, 0.4) is 0 Å². The molecule has 0 aliphatic rings. The molecule has 0 heterocycles. The second-order valence-corrected chi connectivity index (χ2v) is 2.75. The fraction of sp³-hybridized carbons (Fsp3) is 0.833. The molecule has 2 unspecified atom stereocenters. The first kappa shape index (κ1) is 7.43. The minimum absolute atomic E-state index is 0.803. The molecule has 43 valence electrons. The van der Waals surface area contributed by atoms with E-state index in [9.17, 15) is 0 Å². The van der Waals surface area contributed by atoms with E-state index in [1.807, 2.05) is 0 Å². The summed E-state index contributed by atoms with van der Waals surface area (Å²) in [6, 6.07) is 0. The molecule has 0 aromatic heterocycles. The number of rotatable bonds is 3. The first-order valence-electron chi connectivity index (χ1n) is 2.86. The van der Waals surface area contributed by atoms with E-state index in [2.05, 4.69) is 23.1 Å². The van der Waals surface area contributed by atoms with Gasteiger partial charge in [-0.25, -0.2) is 0 Å². The molecule has 0 rings (SSSR count). The summed E-state index contributed by atoms with van der Waals surface area (Å²) in [5, 5.41) is 0. The van der Waals surface area contributed by atoms with Crippen molar-refractivity contribution in [2.45, 2.75) is 31.8 Å². The third kappa shape index (κ3) is 4.28. The summed E-state index contributed by atoms with van der Waals surface area (Å²) >= 11 is 0. The van der Waals surface area contributed by atoms with Gasteiger partial charge in [0.1, 0.15) is 0 Å². The maximum atomic E-state index is 3.76. The lowest BCUT2D eigenvalue weighted by molar-refractivity contribution is 0.747. The molecular weight excluding hydrogens is 103 g/mol. The van der Waals surface area contributed by atoms with Crippen molar-refractivity contribution in [1.29, 1.82) is 0 Å². The molecule has 0 aliphatic carbocycles. The van der Waals surface area contributed by atoms with Gasteiger partial charge in [-0.05, 0) is 18.5 Å².